The van der Waals surface area contributed by atoms with Crippen molar-refractivity contribution in [1.29, 1.82) is 0 Å². The summed E-state index contributed by atoms with van der Waals surface area (Å²) < 4.78 is 0. The molecule has 192 valence electrons. The molecular weight excluding hydrogens is 420 g/mol. The Labute approximate surface area is 219 Å². The van der Waals surface area contributed by atoms with Gasteiger partial charge in [0.25, 0.3) is 0 Å². The maximum atomic E-state index is 4.60. The van der Waals surface area contributed by atoms with Crippen LogP contribution in [-0.2, 0) is 21.7 Å². The van der Waals surface area contributed by atoms with E-state index in [2.05, 4.69) is 142 Å². The van der Waals surface area contributed by atoms with Gasteiger partial charge in [-0.1, -0.05) is 118 Å². The topological polar surface area (TPSA) is 0 Å². The molecule has 0 amide bonds. The van der Waals surface area contributed by atoms with Crippen LogP contribution in [0.5, 0.6) is 0 Å². The van der Waals surface area contributed by atoms with Crippen LogP contribution in [-0.4, -0.2) is 0 Å². The fourth-order valence-corrected chi connectivity index (χ4v) is 5.13. The number of benzene rings is 2. The van der Waals surface area contributed by atoms with Crippen molar-refractivity contribution in [3.8, 4) is 0 Å². The third kappa shape index (κ3) is 6.42. The molecule has 0 atom stereocenters. The molecule has 2 aromatic rings. The Balaban J connectivity index is 3.31. The number of hydrogen-bond acceptors (Lipinski definition) is 0. The summed E-state index contributed by atoms with van der Waals surface area (Å²) in [4.78, 5) is 0. The second-order valence-corrected chi connectivity index (χ2v) is 15.1. The molecule has 4 radical (unpaired) electrons. The van der Waals surface area contributed by atoms with E-state index in [0.717, 1.165) is 0 Å². The van der Waals surface area contributed by atoms with E-state index in [1.165, 1.54) is 50.4 Å². The molecule has 0 N–H and O–H groups in total. The summed E-state index contributed by atoms with van der Waals surface area (Å²) in [6.07, 6.45) is 0. The molecule has 0 bridgehead atoms. The zero-order valence-corrected chi connectivity index (χ0v) is 25.4. The van der Waals surface area contributed by atoms with Gasteiger partial charge in [-0.15, -0.1) is 0 Å². The van der Waals surface area contributed by atoms with E-state index in [9.17, 15) is 0 Å². The van der Waals surface area contributed by atoms with E-state index in [4.69, 9.17) is 0 Å². The summed E-state index contributed by atoms with van der Waals surface area (Å²) in [6, 6.07) is 9.49. The third-order valence-corrected chi connectivity index (χ3v) is 6.83. The van der Waals surface area contributed by atoms with Crippen LogP contribution in [0.1, 0.15) is 128 Å². The van der Waals surface area contributed by atoms with Crippen LogP contribution in [0.3, 0.4) is 0 Å². The molecule has 0 saturated heterocycles. The molecule has 0 aliphatic heterocycles. The van der Waals surface area contributed by atoms with E-state index < -0.39 is 5.41 Å². The van der Waals surface area contributed by atoms with Crippen molar-refractivity contribution in [3.05, 3.63) is 95.5 Å². The molecular formula is C35H52. The zero-order chi connectivity index (χ0) is 27.5. The van der Waals surface area contributed by atoms with Gasteiger partial charge >= 0.3 is 0 Å². The van der Waals surface area contributed by atoms with Crippen LogP contribution in [0.15, 0.2) is 24.3 Å². The number of rotatable bonds is 3. The summed E-state index contributed by atoms with van der Waals surface area (Å²) in [5.74, 6) is 1.17. The van der Waals surface area contributed by atoms with E-state index >= 15 is 0 Å². The first-order valence-electron chi connectivity index (χ1n) is 13.1. The number of hydrogen-bond donors (Lipinski definition) is 0. The molecule has 0 aliphatic rings. The molecule has 0 nitrogen and oxygen atoms in total. The lowest BCUT2D eigenvalue weighted by molar-refractivity contribution is 0.527. The van der Waals surface area contributed by atoms with Gasteiger partial charge in [0, 0.05) is 5.92 Å². The quantitative estimate of drug-likeness (QED) is 0.417. The van der Waals surface area contributed by atoms with E-state index in [1.807, 2.05) is 0 Å². The molecule has 2 aromatic carbocycles. The average Bonchev–Trinajstić information content (AvgIpc) is 2.58. The van der Waals surface area contributed by atoms with Gasteiger partial charge in [0.1, 0.15) is 0 Å². The highest BCUT2D eigenvalue weighted by molar-refractivity contribution is 5.66. The highest BCUT2D eigenvalue weighted by atomic mass is 14.4. The lowest BCUT2D eigenvalue weighted by atomic mass is 9.60. The first-order valence-corrected chi connectivity index (χ1v) is 13.1. The summed E-state index contributed by atoms with van der Waals surface area (Å²) >= 11 is 0. The fraction of sp³-hybridized carbons (Fsp3) is 0.543. The minimum atomic E-state index is -0.787. The summed E-state index contributed by atoms with van der Waals surface area (Å²) in [5.41, 5.74) is 9.56. The van der Waals surface area contributed by atoms with Crippen LogP contribution < -0.4 is 0 Å². The SMILES string of the molecule is [CH2]C([CH2])([CH2])[C](c1c(C(C)(C)C)cc(C)cc1C(C)(C)C)c1c(C(C)(C)C)cc(C)cc1C(C)(C)C. The smallest absolute Gasteiger partial charge is 0.0413 e. The van der Waals surface area contributed by atoms with Crippen molar-refractivity contribution >= 4 is 0 Å². The van der Waals surface area contributed by atoms with Gasteiger partial charge in [-0.3, -0.25) is 0 Å². The lowest BCUT2D eigenvalue weighted by Crippen LogP contribution is -2.34. The zero-order valence-electron chi connectivity index (χ0n) is 25.4. The molecule has 2 rings (SSSR count). The Bertz CT molecular complexity index is 906. The molecule has 0 saturated carbocycles. The third-order valence-electron chi connectivity index (χ3n) is 6.83. The van der Waals surface area contributed by atoms with Crippen molar-refractivity contribution in [2.24, 2.45) is 5.41 Å². The van der Waals surface area contributed by atoms with Crippen LogP contribution in [0.25, 0.3) is 0 Å². The van der Waals surface area contributed by atoms with Gasteiger partial charge in [0.15, 0.2) is 0 Å². The Kier molecular flexibility index (Phi) is 7.69. The fourth-order valence-electron chi connectivity index (χ4n) is 5.13. The molecule has 0 spiro atoms. The molecule has 0 unspecified atom stereocenters. The monoisotopic (exact) mass is 472 g/mol. The maximum Gasteiger partial charge on any atom is 0.0413 e. The highest BCUT2D eigenvalue weighted by Crippen LogP contribution is 2.52. The second-order valence-electron chi connectivity index (χ2n) is 15.1. The standard InChI is InChI=1S/C35H52/c1-22-18-24(31(3,4)5)28(25(19-22)32(6,7)8)30(35(15,16)17)29-26(33(9,10)11)20-23(2)21-27(29)34(12,13)14/h18-21H,15-17H2,1-14H3. The Morgan fingerprint density at radius 1 is 0.457 bits per heavy atom. The van der Waals surface area contributed by atoms with Crippen LogP contribution in [0.4, 0.5) is 0 Å². The Hall–Kier alpha value is -1.56. The summed E-state index contributed by atoms with van der Waals surface area (Å²) in [5, 5.41) is 0. The Morgan fingerprint density at radius 3 is 0.800 bits per heavy atom. The van der Waals surface area contributed by atoms with Gasteiger partial charge in [-0.05, 0) is 95.1 Å². The highest BCUT2D eigenvalue weighted by Gasteiger charge is 2.42. The molecule has 35 heavy (non-hydrogen) atoms. The van der Waals surface area contributed by atoms with Gasteiger partial charge in [0.2, 0.25) is 0 Å². The maximum absolute atomic E-state index is 4.60. The first kappa shape index (κ1) is 29.7. The van der Waals surface area contributed by atoms with Gasteiger partial charge in [-0.2, -0.15) is 0 Å². The molecule has 0 heterocycles. The van der Waals surface area contributed by atoms with E-state index in [1.54, 1.807) is 0 Å². The largest absolute Gasteiger partial charge is 0.0561 e. The second kappa shape index (κ2) is 9.08. The van der Waals surface area contributed by atoms with Crippen LogP contribution in [0, 0.1) is 46.0 Å². The summed E-state index contributed by atoms with van der Waals surface area (Å²) in [7, 11) is 0. The average molecular weight is 473 g/mol. The van der Waals surface area contributed by atoms with E-state index in [-0.39, 0.29) is 21.7 Å². The van der Waals surface area contributed by atoms with Gasteiger partial charge < -0.3 is 0 Å². The van der Waals surface area contributed by atoms with Crippen LogP contribution >= 0.6 is 0 Å². The van der Waals surface area contributed by atoms with E-state index in [0.29, 0.717) is 0 Å². The predicted molar refractivity (Wildman–Crippen MR) is 157 cm³/mol. The van der Waals surface area contributed by atoms with Gasteiger partial charge in [0.05, 0.1) is 0 Å². The molecule has 0 aromatic heterocycles. The molecule has 0 heteroatoms. The number of aryl methyl sites for hydroxylation is 2. The minimum absolute atomic E-state index is 0.0493. The van der Waals surface area contributed by atoms with Crippen molar-refractivity contribution < 1.29 is 0 Å². The van der Waals surface area contributed by atoms with Crippen molar-refractivity contribution in [2.45, 2.75) is 119 Å². The minimum Gasteiger partial charge on any atom is -0.0561 e. The first-order chi connectivity index (χ1) is 15.4. The van der Waals surface area contributed by atoms with Crippen molar-refractivity contribution in [2.75, 3.05) is 0 Å². The normalized spacial score (nSPS) is 14.1. The summed E-state index contributed by atoms with van der Waals surface area (Å²) in [6.45, 7) is 46.0. The molecule has 0 aliphatic carbocycles. The predicted octanol–water partition coefficient (Wildman–Crippen LogP) is 9.95. The van der Waals surface area contributed by atoms with Crippen molar-refractivity contribution in [1.82, 2.24) is 0 Å². The lowest BCUT2D eigenvalue weighted by Gasteiger charge is -2.43. The molecule has 0 fully saturated rings. The van der Waals surface area contributed by atoms with Crippen LogP contribution in [0.2, 0.25) is 0 Å². The Morgan fingerprint density at radius 2 is 0.657 bits per heavy atom. The van der Waals surface area contributed by atoms with Gasteiger partial charge in [-0.25, -0.2) is 0 Å². The van der Waals surface area contributed by atoms with Crippen molar-refractivity contribution in [3.63, 3.8) is 0 Å².